The number of aromatic nitrogens is 2. The van der Waals surface area contributed by atoms with Gasteiger partial charge in [-0.3, -0.25) is 4.79 Å². The number of amides is 1. The molecule has 0 aliphatic carbocycles. The van der Waals surface area contributed by atoms with E-state index in [-0.39, 0.29) is 6.54 Å². The lowest BCUT2D eigenvalue weighted by Crippen LogP contribution is -2.19. The Bertz CT molecular complexity index is 698. The van der Waals surface area contributed by atoms with Crippen LogP contribution in [0, 0.1) is 0 Å². The molecule has 2 N–H and O–H groups in total. The van der Waals surface area contributed by atoms with Crippen molar-refractivity contribution in [2.45, 2.75) is 6.54 Å². The normalized spacial score (nSPS) is 10.9. The van der Waals surface area contributed by atoms with E-state index in [1.807, 2.05) is 24.3 Å². The standard InChI is InChI=1S/C13H11N3O2/c14-12(17)8-16-10-5-2-1-4-9(10)15-13(16)11-6-3-7-18-11/h1-7H,8H2,(H2,14,17). The molecule has 0 aliphatic heterocycles. The lowest BCUT2D eigenvalue weighted by molar-refractivity contribution is -0.118. The molecule has 5 heteroatoms. The first kappa shape index (κ1) is 10.6. The van der Waals surface area contributed by atoms with Crippen LogP contribution in [-0.4, -0.2) is 15.5 Å². The summed E-state index contributed by atoms with van der Waals surface area (Å²) >= 11 is 0. The molecule has 0 spiro atoms. The minimum Gasteiger partial charge on any atom is -0.461 e. The summed E-state index contributed by atoms with van der Waals surface area (Å²) in [6, 6.07) is 11.2. The van der Waals surface area contributed by atoms with E-state index in [0.29, 0.717) is 11.6 Å². The van der Waals surface area contributed by atoms with Crippen molar-refractivity contribution in [1.82, 2.24) is 9.55 Å². The summed E-state index contributed by atoms with van der Waals surface area (Å²) in [4.78, 5) is 15.6. The minimum atomic E-state index is -0.411. The SMILES string of the molecule is NC(=O)Cn1c(-c2ccco2)nc2ccccc21. The van der Waals surface area contributed by atoms with Gasteiger partial charge in [-0.1, -0.05) is 12.1 Å². The van der Waals surface area contributed by atoms with Gasteiger partial charge in [-0.25, -0.2) is 4.98 Å². The van der Waals surface area contributed by atoms with Crippen LogP contribution in [-0.2, 0) is 11.3 Å². The molecule has 1 amide bonds. The van der Waals surface area contributed by atoms with Crippen molar-refractivity contribution in [3.05, 3.63) is 42.7 Å². The maximum Gasteiger partial charge on any atom is 0.237 e. The van der Waals surface area contributed by atoms with Crippen molar-refractivity contribution in [2.75, 3.05) is 0 Å². The van der Waals surface area contributed by atoms with Gasteiger partial charge in [0.1, 0.15) is 6.54 Å². The first-order valence-corrected chi connectivity index (χ1v) is 5.53. The second-order valence-corrected chi connectivity index (χ2v) is 3.95. The molecule has 0 aliphatic rings. The summed E-state index contributed by atoms with van der Waals surface area (Å²) in [6.07, 6.45) is 1.57. The number of carbonyl (C=O) groups excluding carboxylic acids is 1. The summed E-state index contributed by atoms with van der Waals surface area (Å²) in [5, 5.41) is 0. The van der Waals surface area contributed by atoms with Crippen molar-refractivity contribution in [2.24, 2.45) is 5.73 Å². The molecule has 0 radical (unpaired) electrons. The number of benzene rings is 1. The van der Waals surface area contributed by atoms with E-state index in [1.54, 1.807) is 23.0 Å². The lowest BCUT2D eigenvalue weighted by atomic mass is 10.3. The molecule has 0 unspecified atom stereocenters. The Morgan fingerprint density at radius 1 is 1.28 bits per heavy atom. The highest BCUT2D eigenvalue weighted by molar-refractivity contribution is 5.83. The molecule has 2 aromatic heterocycles. The van der Waals surface area contributed by atoms with Crippen LogP contribution >= 0.6 is 0 Å². The van der Waals surface area contributed by atoms with Gasteiger partial charge in [-0.2, -0.15) is 0 Å². The van der Waals surface area contributed by atoms with E-state index < -0.39 is 5.91 Å². The van der Waals surface area contributed by atoms with Crippen LogP contribution in [0.15, 0.2) is 47.1 Å². The van der Waals surface area contributed by atoms with Crippen LogP contribution in [0.3, 0.4) is 0 Å². The third-order valence-corrected chi connectivity index (χ3v) is 2.71. The molecule has 90 valence electrons. The van der Waals surface area contributed by atoms with Crippen LogP contribution < -0.4 is 5.73 Å². The number of imidazole rings is 1. The van der Waals surface area contributed by atoms with E-state index in [4.69, 9.17) is 10.2 Å². The summed E-state index contributed by atoms with van der Waals surface area (Å²) < 4.78 is 7.10. The molecule has 0 saturated heterocycles. The first-order chi connectivity index (χ1) is 8.75. The largest absolute Gasteiger partial charge is 0.461 e. The highest BCUT2D eigenvalue weighted by Gasteiger charge is 2.15. The summed E-state index contributed by atoms with van der Waals surface area (Å²) in [6.45, 7) is 0.0799. The molecule has 1 aromatic carbocycles. The monoisotopic (exact) mass is 241 g/mol. The number of nitrogens with zero attached hydrogens (tertiary/aromatic N) is 2. The predicted molar refractivity (Wildman–Crippen MR) is 66.6 cm³/mol. The van der Waals surface area contributed by atoms with Crippen molar-refractivity contribution in [3.8, 4) is 11.6 Å². The lowest BCUT2D eigenvalue weighted by Gasteiger charge is -2.04. The predicted octanol–water partition coefficient (Wildman–Crippen LogP) is 1.78. The number of primary amides is 1. The van der Waals surface area contributed by atoms with Crippen molar-refractivity contribution < 1.29 is 9.21 Å². The van der Waals surface area contributed by atoms with E-state index >= 15 is 0 Å². The number of rotatable bonds is 3. The molecule has 0 bridgehead atoms. The van der Waals surface area contributed by atoms with E-state index in [0.717, 1.165) is 11.0 Å². The van der Waals surface area contributed by atoms with E-state index in [1.165, 1.54) is 0 Å². The number of hydrogen-bond donors (Lipinski definition) is 1. The number of furan rings is 1. The van der Waals surface area contributed by atoms with Crippen molar-refractivity contribution in [1.29, 1.82) is 0 Å². The van der Waals surface area contributed by atoms with Crippen LogP contribution in [0.5, 0.6) is 0 Å². The fourth-order valence-electron chi connectivity index (χ4n) is 1.99. The Hall–Kier alpha value is -2.56. The van der Waals surface area contributed by atoms with Gasteiger partial charge in [0.25, 0.3) is 0 Å². The Morgan fingerprint density at radius 2 is 2.11 bits per heavy atom. The second kappa shape index (κ2) is 4.03. The van der Waals surface area contributed by atoms with Gasteiger partial charge >= 0.3 is 0 Å². The topological polar surface area (TPSA) is 74.1 Å². The zero-order valence-electron chi connectivity index (χ0n) is 9.54. The third kappa shape index (κ3) is 1.66. The van der Waals surface area contributed by atoms with Crippen LogP contribution in [0.4, 0.5) is 0 Å². The molecule has 0 fully saturated rings. The Morgan fingerprint density at radius 3 is 2.83 bits per heavy atom. The van der Waals surface area contributed by atoms with Gasteiger partial charge < -0.3 is 14.7 Å². The number of carbonyl (C=O) groups is 1. The quantitative estimate of drug-likeness (QED) is 0.759. The van der Waals surface area contributed by atoms with Gasteiger partial charge in [0.05, 0.1) is 17.3 Å². The molecule has 5 nitrogen and oxygen atoms in total. The smallest absolute Gasteiger partial charge is 0.237 e. The zero-order chi connectivity index (χ0) is 12.5. The zero-order valence-corrected chi connectivity index (χ0v) is 9.54. The number of fused-ring (bicyclic) bond motifs is 1. The molecular weight excluding hydrogens is 230 g/mol. The second-order valence-electron chi connectivity index (χ2n) is 3.95. The summed E-state index contributed by atoms with van der Waals surface area (Å²) in [7, 11) is 0. The van der Waals surface area contributed by atoms with Crippen LogP contribution in [0.1, 0.15) is 0 Å². The molecule has 0 saturated carbocycles. The number of hydrogen-bond acceptors (Lipinski definition) is 3. The van der Waals surface area contributed by atoms with Gasteiger partial charge in [0.15, 0.2) is 11.6 Å². The van der Waals surface area contributed by atoms with Crippen molar-refractivity contribution >= 4 is 16.9 Å². The van der Waals surface area contributed by atoms with Crippen LogP contribution in [0.25, 0.3) is 22.6 Å². The van der Waals surface area contributed by atoms with Gasteiger partial charge in [0, 0.05) is 0 Å². The molecular formula is C13H11N3O2. The highest BCUT2D eigenvalue weighted by atomic mass is 16.3. The maximum atomic E-state index is 11.2. The van der Waals surface area contributed by atoms with E-state index in [9.17, 15) is 4.79 Å². The Labute approximate surface area is 103 Å². The first-order valence-electron chi connectivity index (χ1n) is 5.53. The van der Waals surface area contributed by atoms with Gasteiger partial charge in [-0.05, 0) is 24.3 Å². The Balaban J connectivity index is 2.26. The fraction of sp³-hybridized carbons (Fsp3) is 0.0769. The Kier molecular flexibility index (Phi) is 2.37. The number of nitrogens with two attached hydrogens (primary N) is 1. The minimum absolute atomic E-state index is 0.0799. The van der Waals surface area contributed by atoms with Gasteiger partial charge in [0.2, 0.25) is 5.91 Å². The molecule has 3 aromatic rings. The molecule has 18 heavy (non-hydrogen) atoms. The average molecular weight is 241 g/mol. The molecule has 2 heterocycles. The van der Waals surface area contributed by atoms with Crippen molar-refractivity contribution in [3.63, 3.8) is 0 Å². The number of para-hydroxylation sites is 2. The highest BCUT2D eigenvalue weighted by Crippen LogP contribution is 2.24. The fourth-order valence-corrected chi connectivity index (χ4v) is 1.99. The van der Waals surface area contributed by atoms with E-state index in [2.05, 4.69) is 4.98 Å². The van der Waals surface area contributed by atoms with Gasteiger partial charge in [-0.15, -0.1) is 0 Å². The van der Waals surface area contributed by atoms with Crippen LogP contribution in [0.2, 0.25) is 0 Å². The third-order valence-electron chi connectivity index (χ3n) is 2.71. The average Bonchev–Trinajstić information content (AvgIpc) is 2.96. The maximum absolute atomic E-state index is 11.2. The summed E-state index contributed by atoms with van der Waals surface area (Å²) in [5.41, 5.74) is 6.95. The molecule has 3 rings (SSSR count). The summed E-state index contributed by atoms with van der Waals surface area (Å²) in [5.74, 6) is 0.818. The molecule has 0 atom stereocenters.